The van der Waals surface area contributed by atoms with Crippen molar-refractivity contribution >= 4 is 40.1 Å². The number of hydrogen-bond acceptors (Lipinski definition) is 2. The maximum absolute atomic E-state index is 13.2. The van der Waals surface area contributed by atoms with Crippen molar-refractivity contribution in [3.05, 3.63) is 33.6 Å². The number of carbonyl (C=O) groups is 1. The van der Waals surface area contributed by atoms with Crippen molar-refractivity contribution in [3.8, 4) is 11.8 Å². The Labute approximate surface area is 114 Å². The van der Waals surface area contributed by atoms with Gasteiger partial charge in [0.15, 0.2) is 5.12 Å². The highest BCUT2D eigenvalue weighted by Gasteiger charge is 2.05. The Bertz CT molecular complexity index is 491. The van der Waals surface area contributed by atoms with Crippen molar-refractivity contribution in [2.24, 2.45) is 0 Å². The summed E-state index contributed by atoms with van der Waals surface area (Å²) in [6.07, 6.45) is 0.536. The summed E-state index contributed by atoms with van der Waals surface area (Å²) < 4.78 is 13.2. The zero-order chi connectivity index (χ0) is 12.8. The number of carbonyl (C=O) groups excluding carboxylic acids is 1. The number of rotatable bonds is 2. The molecule has 0 unspecified atom stereocenters. The Morgan fingerprint density at radius 2 is 2.18 bits per heavy atom. The Balaban J connectivity index is 2.68. The molecule has 0 aliphatic heterocycles. The lowest BCUT2D eigenvalue weighted by Crippen LogP contribution is -1.86. The molecule has 0 fully saturated rings. The normalized spacial score (nSPS) is 9.65. The van der Waals surface area contributed by atoms with Crippen LogP contribution in [0.1, 0.15) is 18.9 Å². The van der Waals surface area contributed by atoms with Crippen LogP contribution in [-0.4, -0.2) is 10.9 Å². The highest BCUT2D eigenvalue weighted by atomic mass is 35.5. The number of halogens is 3. The highest BCUT2D eigenvalue weighted by Crippen LogP contribution is 2.23. The molecule has 1 nitrogen and oxygen atoms in total. The van der Waals surface area contributed by atoms with Crippen LogP contribution in [0, 0.1) is 17.7 Å². The summed E-state index contributed by atoms with van der Waals surface area (Å²) >= 11 is 12.6. The van der Waals surface area contributed by atoms with Crippen LogP contribution in [0.2, 0.25) is 10.0 Å². The minimum Gasteiger partial charge on any atom is -0.288 e. The molecule has 90 valence electrons. The summed E-state index contributed by atoms with van der Waals surface area (Å²) in [5.74, 6) is 5.59. The molecule has 0 saturated heterocycles. The predicted octanol–water partition coefficient (Wildman–Crippen LogP) is 4.15. The molecule has 0 aromatic heterocycles. The van der Waals surface area contributed by atoms with E-state index in [1.54, 1.807) is 0 Å². The van der Waals surface area contributed by atoms with E-state index in [1.807, 2.05) is 0 Å². The van der Waals surface area contributed by atoms with Gasteiger partial charge in [-0.3, -0.25) is 4.79 Å². The first kappa shape index (κ1) is 14.4. The maximum Gasteiger partial charge on any atom is 0.185 e. The van der Waals surface area contributed by atoms with Crippen LogP contribution in [0.4, 0.5) is 4.39 Å². The largest absolute Gasteiger partial charge is 0.288 e. The monoisotopic (exact) mass is 290 g/mol. The van der Waals surface area contributed by atoms with Gasteiger partial charge in [0.05, 0.1) is 5.02 Å². The maximum atomic E-state index is 13.2. The molecule has 0 aliphatic rings. The topological polar surface area (TPSA) is 17.1 Å². The molecule has 5 heteroatoms. The first-order valence-corrected chi connectivity index (χ1v) is 6.51. The Morgan fingerprint density at radius 3 is 2.82 bits per heavy atom. The second-order valence-corrected chi connectivity index (χ2v) is 5.23. The van der Waals surface area contributed by atoms with E-state index in [0.29, 0.717) is 17.7 Å². The molecule has 0 saturated carbocycles. The van der Waals surface area contributed by atoms with E-state index in [2.05, 4.69) is 11.8 Å². The van der Waals surface area contributed by atoms with Crippen LogP contribution < -0.4 is 0 Å². The van der Waals surface area contributed by atoms with E-state index in [9.17, 15) is 9.18 Å². The zero-order valence-corrected chi connectivity index (χ0v) is 11.3. The first-order valence-electron chi connectivity index (χ1n) is 4.77. The van der Waals surface area contributed by atoms with Crippen LogP contribution >= 0.6 is 35.0 Å². The SMILES string of the molecule is CC(=O)SCCC#Cc1cc(Cl)cc(F)c1Cl. The number of hydrogen-bond donors (Lipinski definition) is 0. The smallest absolute Gasteiger partial charge is 0.185 e. The Hall–Kier alpha value is -0.690. The van der Waals surface area contributed by atoms with Gasteiger partial charge in [-0.05, 0) is 12.1 Å². The molecule has 0 bridgehead atoms. The standard InChI is InChI=1S/C12H9Cl2FOS/c1-8(16)17-5-3-2-4-9-6-10(13)7-11(15)12(9)14/h6-7H,3,5H2,1H3. The van der Waals surface area contributed by atoms with Crippen molar-refractivity contribution in [1.29, 1.82) is 0 Å². The van der Waals surface area contributed by atoms with E-state index >= 15 is 0 Å². The van der Waals surface area contributed by atoms with Gasteiger partial charge in [0.2, 0.25) is 0 Å². The van der Waals surface area contributed by atoms with Crippen molar-refractivity contribution in [2.45, 2.75) is 13.3 Å². The minimum absolute atomic E-state index is 0.0267. The van der Waals surface area contributed by atoms with Crippen LogP contribution in [0.3, 0.4) is 0 Å². The zero-order valence-electron chi connectivity index (χ0n) is 9.02. The molecule has 0 amide bonds. The Kier molecular flexibility index (Phi) is 5.84. The lowest BCUT2D eigenvalue weighted by molar-refractivity contribution is -0.109. The highest BCUT2D eigenvalue weighted by molar-refractivity contribution is 8.13. The third-order valence-electron chi connectivity index (χ3n) is 1.75. The van der Waals surface area contributed by atoms with Crippen LogP contribution in [0.5, 0.6) is 0 Å². The summed E-state index contributed by atoms with van der Waals surface area (Å²) in [5.41, 5.74) is 0.365. The predicted molar refractivity (Wildman–Crippen MR) is 71.1 cm³/mol. The molecule has 0 aliphatic carbocycles. The molecule has 17 heavy (non-hydrogen) atoms. The van der Waals surface area contributed by atoms with Gasteiger partial charge in [-0.1, -0.05) is 46.8 Å². The fourth-order valence-corrected chi connectivity index (χ4v) is 1.90. The average Bonchev–Trinajstić information content (AvgIpc) is 2.23. The van der Waals surface area contributed by atoms with Crippen LogP contribution in [0.15, 0.2) is 12.1 Å². The fraction of sp³-hybridized carbons (Fsp3) is 0.250. The molecular formula is C12H9Cl2FOS. The molecule has 0 spiro atoms. The van der Waals surface area contributed by atoms with Gasteiger partial charge in [-0.25, -0.2) is 4.39 Å². The van der Waals surface area contributed by atoms with Gasteiger partial charge in [0.1, 0.15) is 5.82 Å². The van der Waals surface area contributed by atoms with Gasteiger partial charge in [0.25, 0.3) is 0 Å². The quantitative estimate of drug-likeness (QED) is 0.462. The molecule has 0 N–H and O–H groups in total. The molecule has 1 aromatic carbocycles. The van der Waals surface area contributed by atoms with Crippen molar-refractivity contribution in [1.82, 2.24) is 0 Å². The van der Waals surface area contributed by atoms with Gasteiger partial charge in [0, 0.05) is 29.7 Å². The van der Waals surface area contributed by atoms with Gasteiger partial charge in [-0.15, -0.1) is 0 Å². The Morgan fingerprint density at radius 1 is 1.47 bits per heavy atom. The van der Waals surface area contributed by atoms with E-state index < -0.39 is 5.82 Å². The van der Waals surface area contributed by atoms with Crippen molar-refractivity contribution in [2.75, 3.05) is 5.75 Å². The molecule has 0 atom stereocenters. The third kappa shape index (κ3) is 4.99. The van der Waals surface area contributed by atoms with Gasteiger partial charge >= 0.3 is 0 Å². The summed E-state index contributed by atoms with van der Waals surface area (Å²) in [6.45, 7) is 1.50. The lowest BCUT2D eigenvalue weighted by Gasteiger charge is -1.98. The first-order chi connectivity index (χ1) is 8.00. The van der Waals surface area contributed by atoms with Crippen molar-refractivity contribution < 1.29 is 9.18 Å². The minimum atomic E-state index is -0.582. The molecule has 0 radical (unpaired) electrons. The summed E-state index contributed by atoms with van der Waals surface area (Å²) in [6, 6.07) is 2.65. The van der Waals surface area contributed by atoms with Crippen LogP contribution in [-0.2, 0) is 4.79 Å². The fourth-order valence-electron chi connectivity index (χ4n) is 1.05. The average molecular weight is 291 g/mol. The second-order valence-electron chi connectivity index (χ2n) is 3.14. The molecule has 1 rings (SSSR count). The molecule has 0 heterocycles. The number of benzene rings is 1. The van der Waals surface area contributed by atoms with E-state index in [0.717, 1.165) is 6.07 Å². The van der Waals surface area contributed by atoms with E-state index in [4.69, 9.17) is 23.2 Å². The summed E-state index contributed by atoms with van der Waals surface area (Å²) in [5, 5.41) is 0.286. The van der Waals surface area contributed by atoms with E-state index in [1.165, 1.54) is 24.8 Å². The third-order valence-corrected chi connectivity index (χ3v) is 3.17. The lowest BCUT2D eigenvalue weighted by atomic mass is 10.2. The molecule has 1 aromatic rings. The second kappa shape index (κ2) is 6.90. The van der Waals surface area contributed by atoms with Crippen molar-refractivity contribution in [3.63, 3.8) is 0 Å². The van der Waals surface area contributed by atoms with E-state index in [-0.39, 0.29) is 15.2 Å². The summed E-state index contributed by atoms with van der Waals surface area (Å²) in [4.78, 5) is 10.6. The molecular weight excluding hydrogens is 282 g/mol. The van der Waals surface area contributed by atoms with Gasteiger partial charge in [-0.2, -0.15) is 0 Å². The number of thioether (sulfide) groups is 1. The van der Waals surface area contributed by atoms with Gasteiger partial charge < -0.3 is 0 Å². The summed E-state index contributed by atoms with van der Waals surface area (Å²) in [7, 11) is 0. The van der Waals surface area contributed by atoms with Crippen LogP contribution in [0.25, 0.3) is 0 Å².